The minimum atomic E-state index is -0.0364. The van der Waals surface area contributed by atoms with Crippen LogP contribution in [0.2, 0.25) is 0 Å². The van der Waals surface area contributed by atoms with Crippen LogP contribution < -0.4 is 4.74 Å². The van der Waals surface area contributed by atoms with E-state index in [1.165, 1.54) is 11.3 Å². The van der Waals surface area contributed by atoms with Gasteiger partial charge in [0, 0.05) is 5.69 Å². The molecule has 0 amide bonds. The number of allylic oxidation sites excluding steroid dienone is 1. The zero-order valence-electron chi connectivity index (χ0n) is 10.6. The lowest BCUT2D eigenvalue weighted by molar-refractivity contribution is 0.105. The van der Waals surface area contributed by atoms with Crippen molar-refractivity contribution in [1.29, 1.82) is 0 Å². The Hall–Kier alpha value is -1.72. The van der Waals surface area contributed by atoms with E-state index in [0.29, 0.717) is 8.83 Å². The molecule has 0 bridgehead atoms. The Morgan fingerprint density at radius 2 is 2.05 bits per heavy atom. The van der Waals surface area contributed by atoms with Crippen LogP contribution in [0.15, 0.2) is 30.3 Å². The van der Waals surface area contributed by atoms with E-state index >= 15 is 0 Å². The average Bonchev–Trinajstić information content (AvgIpc) is 2.75. The molecular weight excluding hydrogens is 278 g/mol. The first-order valence-electron chi connectivity index (χ1n) is 5.66. The number of carbonyl (C=O) groups is 1. The maximum Gasteiger partial charge on any atom is 0.197 e. The van der Waals surface area contributed by atoms with Gasteiger partial charge in [-0.25, -0.2) is 0 Å². The van der Waals surface area contributed by atoms with Gasteiger partial charge in [-0.2, -0.15) is 0 Å². The Labute approximate surface area is 120 Å². The minimum absolute atomic E-state index is 0.0364. The Morgan fingerprint density at radius 3 is 2.58 bits per heavy atom. The maximum atomic E-state index is 12.0. The van der Waals surface area contributed by atoms with E-state index in [2.05, 4.69) is 4.98 Å². The summed E-state index contributed by atoms with van der Waals surface area (Å²) in [5.74, 6) is 0.758. The smallest absolute Gasteiger partial charge is 0.197 e. The second-order valence-corrected chi connectivity index (χ2v) is 5.63. The number of benzene rings is 1. The molecule has 0 aliphatic rings. The molecule has 2 aromatic rings. The van der Waals surface area contributed by atoms with E-state index in [4.69, 9.17) is 17.0 Å². The van der Waals surface area contributed by atoms with Crippen molar-refractivity contribution in [1.82, 2.24) is 4.98 Å². The summed E-state index contributed by atoms with van der Waals surface area (Å²) in [6, 6.07) is 7.51. The number of hydrogen-bond donors (Lipinski definition) is 1. The Morgan fingerprint density at radius 1 is 1.37 bits per heavy atom. The molecule has 1 aromatic carbocycles. The number of hydrogen-bond acceptors (Lipinski definition) is 4. The molecule has 0 saturated carbocycles. The van der Waals surface area contributed by atoms with E-state index in [1.54, 1.807) is 19.3 Å². The highest BCUT2D eigenvalue weighted by Gasteiger charge is 2.08. The zero-order chi connectivity index (χ0) is 13.8. The van der Waals surface area contributed by atoms with Crippen LogP contribution in [0, 0.1) is 10.9 Å². The molecule has 0 fully saturated rings. The number of H-pyrrole nitrogens is 1. The second kappa shape index (κ2) is 5.95. The third-order valence-corrected chi connectivity index (χ3v) is 3.94. The Bertz CT molecular complexity index is 665. The monoisotopic (exact) mass is 291 g/mol. The molecule has 0 unspecified atom stereocenters. The molecule has 1 heterocycles. The summed E-state index contributed by atoms with van der Waals surface area (Å²) in [5.41, 5.74) is 1.77. The first-order valence-corrected chi connectivity index (χ1v) is 6.89. The van der Waals surface area contributed by atoms with Gasteiger partial charge in [0.25, 0.3) is 0 Å². The summed E-state index contributed by atoms with van der Waals surface area (Å²) in [5, 5.41) is 0. The molecule has 5 heteroatoms. The van der Waals surface area contributed by atoms with Crippen molar-refractivity contribution in [3.63, 3.8) is 0 Å². The van der Waals surface area contributed by atoms with Gasteiger partial charge in [-0.05, 0) is 42.9 Å². The molecule has 3 nitrogen and oxygen atoms in total. The summed E-state index contributed by atoms with van der Waals surface area (Å²) >= 11 is 6.32. The number of aromatic amines is 1. The van der Waals surface area contributed by atoms with Crippen LogP contribution in [0.25, 0.3) is 6.08 Å². The topological polar surface area (TPSA) is 42.1 Å². The van der Waals surface area contributed by atoms with Crippen molar-refractivity contribution in [2.75, 3.05) is 7.11 Å². The number of aromatic nitrogens is 1. The number of methoxy groups -OCH3 is 1. The fourth-order valence-electron chi connectivity index (χ4n) is 1.60. The standard InChI is InChI=1S/C14H13NO2S2/c1-9-13(19-14(18)15-9)12(16)8-5-10-3-6-11(17-2)7-4-10/h3-8H,1-2H3,(H,15,18)/b8-5+. The predicted octanol–water partition coefficient (Wildman–Crippen LogP) is 4.02. The van der Waals surface area contributed by atoms with Gasteiger partial charge in [-0.1, -0.05) is 18.2 Å². The molecule has 19 heavy (non-hydrogen) atoms. The summed E-state index contributed by atoms with van der Waals surface area (Å²) in [6.45, 7) is 1.85. The van der Waals surface area contributed by atoms with Crippen molar-refractivity contribution >= 4 is 35.4 Å². The number of carbonyl (C=O) groups excluding carboxylic acids is 1. The first kappa shape index (κ1) is 13.7. The molecule has 0 atom stereocenters. The lowest BCUT2D eigenvalue weighted by Crippen LogP contribution is -1.93. The number of aryl methyl sites for hydroxylation is 1. The summed E-state index contributed by atoms with van der Waals surface area (Å²) in [6.07, 6.45) is 3.34. The van der Waals surface area contributed by atoms with Crippen molar-refractivity contribution < 1.29 is 9.53 Å². The minimum Gasteiger partial charge on any atom is -0.497 e. The average molecular weight is 291 g/mol. The molecule has 0 radical (unpaired) electrons. The number of ether oxygens (including phenoxy) is 1. The quantitative estimate of drug-likeness (QED) is 0.525. The van der Waals surface area contributed by atoms with Gasteiger partial charge in [0.1, 0.15) is 5.75 Å². The maximum absolute atomic E-state index is 12.0. The largest absolute Gasteiger partial charge is 0.497 e. The number of ketones is 1. The van der Waals surface area contributed by atoms with Gasteiger partial charge in [0.15, 0.2) is 9.74 Å². The molecule has 0 aliphatic carbocycles. The number of nitrogens with one attached hydrogen (secondary N) is 1. The zero-order valence-corrected chi connectivity index (χ0v) is 12.2. The lowest BCUT2D eigenvalue weighted by Gasteiger charge is -1.98. The van der Waals surface area contributed by atoms with Crippen LogP contribution in [0.5, 0.6) is 5.75 Å². The SMILES string of the molecule is COc1ccc(/C=C/C(=O)c2sc(=S)[nH]c2C)cc1. The summed E-state index contributed by atoms with van der Waals surface area (Å²) < 4.78 is 5.70. The van der Waals surface area contributed by atoms with Crippen molar-refractivity contribution in [2.45, 2.75) is 6.92 Å². The highest BCUT2D eigenvalue weighted by molar-refractivity contribution is 7.73. The van der Waals surface area contributed by atoms with Gasteiger partial charge in [0.05, 0.1) is 12.0 Å². The third kappa shape index (κ3) is 3.39. The highest BCUT2D eigenvalue weighted by atomic mass is 32.1. The van der Waals surface area contributed by atoms with Crippen LogP contribution >= 0.6 is 23.6 Å². The van der Waals surface area contributed by atoms with E-state index in [-0.39, 0.29) is 5.78 Å². The molecular formula is C14H13NO2S2. The Kier molecular flexibility index (Phi) is 4.29. The van der Waals surface area contributed by atoms with Crippen LogP contribution in [-0.2, 0) is 0 Å². The Balaban J connectivity index is 2.15. The molecule has 0 saturated heterocycles. The summed E-state index contributed by atoms with van der Waals surface area (Å²) in [4.78, 5) is 15.6. The van der Waals surface area contributed by atoms with E-state index < -0.39 is 0 Å². The molecule has 1 N–H and O–H groups in total. The third-order valence-electron chi connectivity index (χ3n) is 2.59. The fraction of sp³-hybridized carbons (Fsp3) is 0.143. The van der Waals surface area contributed by atoms with Crippen molar-refractivity contribution in [3.05, 3.63) is 50.4 Å². The molecule has 0 spiro atoms. The molecule has 2 rings (SSSR count). The van der Waals surface area contributed by atoms with E-state index in [9.17, 15) is 4.79 Å². The first-order chi connectivity index (χ1) is 9.10. The predicted molar refractivity (Wildman–Crippen MR) is 80.6 cm³/mol. The second-order valence-electron chi connectivity index (χ2n) is 3.94. The van der Waals surface area contributed by atoms with Gasteiger partial charge in [-0.3, -0.25) is 4.79 Å². The van der Waals surface area contributed by atoms with Gasteiger partial charge >= 0.3 is 0 Å². The van der Waals surface area contributed by atoms with Crippen LogP contribution in [0.1, 0.15) is 20.9 Å². The fourth-order valence-corrected chi connectivity index (χ4v) is 2.77. The highest BCUT2D eigenvalue weighted by Crippen LogP contribution is 2.17. The van der Waals surface area contributed by atoms with Gasteiger partial charge in [0.2, 0.25) is 0 Å². The van der Waals surface area contributed by atoms with Crippen molar-refractivity contribution in [2.24, 2.45) is 0 Å². The summed E-state index contributed by atoms with van der Waals surface area (Å²) in [7, 11) is 1.62. The van der Waals surface area contributed by atoms with Gasteiger partial charge in [-0.15, -0.1) is 11.3 Å². The van der Waals surface area contributed by atoms with Crippen molar-refractivity contribution in [3.8, 4) is 5.75 Å². The van der Waals surface area contributed by atoms with Crippen LogP contribution in [0.4, 0.5) is 0 Å². The van der Waals surface area contributed by atoms with Gasteiger partial charge < -0.3 is 9.72 Å². The van der Waals surface area contributed by atoms with E-state index in [0.717, 1.165) is 17.0 Å². The molecule has 1 aromatic heterocycles. The lowest BCUT2D eigenvalue weighted by atomic mass is 10.1. The van der Waals surface area contributed by atoms with Crippen LogP contribution in [-0.4, -0.2) is 17.9 Å². The molecule has 98 valence electrons. The number of thiazole rings is 1. The number of rotatable bonds is 4. The van der Waals surface area contributed by atoms with E-state index in [1.807, 2.05) is 31.2 Å². The molecule has 0 aliphatic heterocycles. The normalized spacial score (nSPS) is 10.8. The van der Waals surface area contributed by atoms with Crippen LogP contribution in [0.3, 0.4) is 0 Å².